The van der Waals surface area contributed by atoms with Crippen molar-refractivity contribution < 1.29 is 4.74 Å². The summed E-state index contributed by atoms with van der Waals surface area (Å²) in [6, 6.07) is 0. The smallest absolute Gasteiger partial charge is 0.0519 e. The maximum absolute atomic E-state index is 5.84. The Morgan fingerprint density at radius 1 is 1.00 bits per heavy atom. The fraction of sp³-hybridized carbons (Fsp3) is 1.00. The minimum atomic E-state index is 0.371. The molecule has 0 bridgehead atoms. The van der Waals surface area contributed by atoms with E-state index in [1.54, 1.807) is 0 Å². The van der Waals surface area contributed by atoms with Crippen LogP contribution in [0.2, 0.25) is 0 Å². The van der Waals surface area contributed by atoms with Crippen molar-refractivity contribution in [3.05, 3.63) is 0 Å². The van der Waals surface area contributed by atoms with Gasteiger partial charge >= 0.3 is 0 Å². The molecule has 0 saturated heterocycles. The first-order valence-corrected chi connectivity index (χ1v) is 6.97. The Labute approximate surface area is 103 Å². The summed E-state index contributed by atoms with van der Waals surface area (Å²) in [5, 5.41) is 0. The second-order valence-electron chi connectivity index (χ2n) is 6.41. The molecule has 0 spiro atoms. The van der Waals surface area contributed by atoms with E-state index in [4.69, 9.17) is 4.74 Å². The van der Waals surface area contributed by atoms with E-state index in [9.17, 15) is 0 Å². The molecule has 0 amide bonds. The molecule has 0 aliphatic rings. The number of hydrogen-bond donors (Lipinski definition) is 0. The van der Waals surface area contributed by atoms with Crippen LogP contribution in [0, 0.1) is 17.3 Å². The molecule has 0 radical (unpaired) electrons. The molecule has 0 fully saturated rings. The van der Waals surface area contributed by atoms with Crippen molar-refractivity contribution in [3.8, 4) is 0 Å². The highest BCUT2D eigenvalue weighted by Gasteiger charge is 2.26. The van der Waals surface area contributed by atoms with Crippen LogP contribution in [-0.4, -0.2) is 13.2 Å². The van der Waals surface area contributed by atoms with E-state index in [1.807, 2.05) is 0 Å². The van der Waals surface area contributed by atoms with Gasteiger partial charge < -0.3 is 4.74 Å². The fourth-order valence-corrected chi connectivity index (χ4v) is 2.74. The van der Waals surface area contributed by atoms with Gasteiger partial charge in [-0.25, -0.2) is 0 Å². The van der Waals surface area contributed by atoms with Crippen molar-refractivity contribution >= 4 is 0 Å². The Kier molecular flexibility index (Phi) is 8.09. The van der Waals surface area contributed by atoms with E-state index in [-0.39, 0.29) is 0 Å². The molecular weight excluding hydrogens is 196 g/mol. The molecule has 0 saturated carbocycles. The topological polar surface area (TPSA) is 9.23 Å². The molecule has 16 heavy (non-hydrogen) atoms. The second-order valence-corrected chi connectivity index (χ2v) is 6.41. The first-order valence-electron chi connectivity index (χ1n) is 6.97. The van der Waals surface area contributed by atoms with Gasteiger partial charge in [0.2, 0.25) is 0 Å². The molecule has 0 aromatic rings. The Morgan fingerprint density at radius 2 is 1.50 bits per heavy atom. The monoisotopic (exact) mass is 228 g/mol. The van der Waals surface area contributed by atoms with Gasteiger partial charge in [-0.15, -0.1) is 0 Å². The third-order valence-electron chi connectivity index (χ3n) is 2.89. The first-order chi connectivity index (χ1) is 7.39. The molecule has 0 aliphatic heterocycles. The van der Waals surface area contributed by atoms with Crippen molar-refractivity contribution in [3.63, 3.8) is 0 Å². The lowest BCUT2D eigenvalue weighted by Gasteiger charge is -2.33. The zero-order valence-electron chi connectivity index (χ0n) is 12.3. The Bertz CT molecular complexity index is 151. The van der Waals surface area contributed by atoms with Crippen LogP contribution in [0.1, 0.15) is 67.2 Å². The van der Waals surface area contributed by atoms with Gasteiger partial charge in [0.1, 0.15) is 0 Å². The van der Waals surface area contributed by atoms with E-state index in [0.29, 0.717) is 5.41 Å². The number of rotatable bonds is 9. The lowest BCUT2D eigenvalue weighted by Crippen LogP contribution is -2.27. The molecule has 0 aliphatic carbocycles. The number of hydrogen-bond acceptors (Lipinski definition) is 1. The van der Waals surface area contributed by atoms with E-state index in [1.165, 1.54) is 25.7 Å². The Hall–Kier alpha value is -0.0400. The molecule has 0 heterocycles. The summed E-state index contributed by atoms with van der Waals surface area (Å²) in [5.41, 5.74) is 0.371. The van der Waals surface area contributed by atoms with E-state index in [0.717, 1.165) is 25.0 Å². The van der Waals surface area contributed by atoms with Crippen molar-refractivity contribution in [2.75, 3.05) is 13.2 Å². The summed E-state index contributed by atoms with van der Waals surface area (Å²) in [7, 11) is 0. The lowest BCUT2D eigenvalue weighted by molar-refractivity contribution is 0.0275. The predicted octanol–water partition coefficient (Wildman–Crippen LogP) is 4.90. The van der Waals surface area contributed by atoms with Gasteiger partial charge in [0.05, 0.1) is 6.61 Å². The Balaban J connectivity index is 4.08. The summed E-state index contributed by atoms with van der Waals surface area (Å²) in [6.45, 7) is 15.7. The van der Waals surface area contributed by atoms with Crippen LogP contribution in [0.5, 0.6) is 0 Å². The normalized spacial score (nSPS) is 12.8. The van der Waals surface area contributed by atoms with Crippen LogP contribution in [0.4, 0.5) is 0 Å². The zero-order valence-corrected chi connectivity index (χ0v) is 12.3. The standard InChI is InChI=1S/C15H32O/c1-7-8-9-16-12-15(6,10-13(2)3)11-14(4)5/h13-14H,7-12H2,1-6H3. The highest BCUT2D eigenvalue weighted by molar-refractivity contribution is 4.76. The van der Waals surface area contributed by atoms with Crippen molar-refractivity contribution in [1.82, 2.24) is 0 Å². The van der Waals surface area contributed by atoms with Gasteiger partial charge in [-0.05, 0) is 36.5 Å². The lowest BCUT2D eigenvalue weighted by atomic mass is 9.76. The third kappa shape index (κ3) is 8.15. The minimum absolute atomic E-state index is 0.371. The molecule has 0 N–H and O–H groups in total. The van der Waals surface area contributed by atoms with Crippen molar-refractivity contribution in [1.29, 1.82) is 0 Å². The van der Waals surface area contributed by atoms with Crippen molar-refractivity contribution in [2.45, 2.75) is 67.2 Å². The highest BCUT2D eigenvalue weighted by Crippen LogP contribution is 2.33. The number of unbranched alkanes of at least 4 members (excludes halogenated alkanes) is 1. The maximum Gasteiger partial charge on any atom is 0.0519 e. The average molecular weight is 228 g/mol. The Morgan fingerprint density at radius 3 is 1.88 bits per heavy atom. The summed E-state index contributed by atoms with van der Waals surface area (Å²) >= 11 is 0. The fourth-order valence-electron chi connectivity index (χ4n) is 2.74. The van der Waals surface area contributed by atoms with E-state index >= 15 is 0 Å². The first kappa shape index (κ1) is 16.0. The largest absolute Gasteiger partial charge is 0.381 e. The van der Waals surface area contributed by atoms with Gasteiger partial charge in [0, 0.05) is 6.61 Å². The molecular formula is C15H32O. The molecule has 0 aromatic carbocycles. The molecule has 0 unspecified atom stereocenters. The molecule has 0 atom stereocenters. The van der Waals surface area contributed by atoms with Gasteiger partial charge in [-0.2, -0.15) is 0 Å². The third-order valence-corrected chi connectivity index (χ3v) is 2.89. The summed E-state index contributed by atoms with van der Waals surface area (Å²) in [4.78, 5) is 0. The van der Waals surface area contributed by atoms with Crippen LogP contribution in [0.25, 0.3) is 0 Å². The van der Waals surface area contributed by atoms with E-state index < -0.39 is 0 Å². The van der Waals surface area contributed by atoms with E-state index in [2.05, 4.69) is 41.5 Å². The minimum Gasteiger partial charge on any atom is -0.381 e. The van der Waals surface area contributed by atoms with Crippen LogP contribution in [0.3, 0.4) is 0 Å². The molecule has 98 valence electrons. The molecule has 0 aromatic heterocycles. The van der Waals surface area contributed by atoms with Crippen LogP contribution < -0.4 is 0 Å². The van der Waals surface area contributed by atoms with Crippen LogP contribution in [-0.2, 0) is 4.74 Å². The number of ether oxygens (including phenoxy) is 1. The summed E-state index contributed by atoms with van der Waals surface area (Å²) < 4.78 is 5.84. The average Bonchev–Trinajstić information content (AvgIpc) is 2.09. The maximum atomic E-state index is 5.84. The van der Waals surface area contributed by atoms with Crippen LogP contribution >= 0.6 is 0 Å². The summed E-state index contributed by atoms with van der Waals surface area (Å²) in [5.74, 6) is 1.53. The second kappa shape index (κ2) is 8.11. The predicted molar refractivity (Wildman–Crippen MR) is 72.7 cm³/mol. The quantitative estimate of drug-likeness (QED) is 0.510. The van der Waals surface area contributed by atoms with Gasteiger partial charge in [-0.1, -0.05) is 48.0 Å². The molecule has 0 rings (SSSR count). The van der Waals surface area contributed by atoms with Crippen molar-refractivity contribution in [2.24, 2.45) is 17.3 Å². The highest BCUT2D eigenvalue weighted by atomic mass is 16.5. The van der Waals surface area contributed by atoms with Gasteiger partial charge in [-0.3, -0.25) is 0 Å². The molecule has 1 heteroatoms. The SMILES string of the molecule is CCCCOCC(C)(CC(C)C)CC(C)C. The van der Waals surface area contributed by atoms with Gasteiger partial charge in [0.25, 0.3) is 0 Å². The summed E-state index contributed by atoms with van der Waals surface area (Å²) in [6.07, 6.45) is 4.97. The van der Waals surface area contributed by atoms with Gasteiger partial charge in [0.15, 0.2) is 0 Å². The van der Waals surface area contributed by atoms with Crippen LogP contribution in [0.15, 0.2) is 0 Å². The zero-order chi connectivity index (χ0) is 12.6. The molecule has 1 nitrogen and oxygen atoms in total.